The van der Waals surface area contributed by atoms with E-state index in [9.17, 15) is 9.59 Å². The number of carbonyl (C=O) groups excluding carboxylic acids is 2. The second-order valence-electron chi connectivity index (χ2n) is 6.62. The summed E-state index contributed by atoms with van der Waals surface area (Å²) in [4.78, 5) is 28.6. The molecule has 1 heterocycles. The van der Waals surface area contributed by atoms with Gasteiger partial charge in [-0.25, -0.2) is 4.79 Å². The maximum Gasteiger partial charge on any atom is 0.339 e. The molecule has 1 N–H and O–H groups in total. The molecule has 0 saturated carbocycles. The van der Waals surface area contributed by atoms with Crippen molar-refractivity contribution >= 4 is 28.3 Å². The van der Waals surface area contributed by atoms with E-state index in [1.165, 1.54) is 7.11 Å². The number of rotatable bonds is 6. The molecular formula is C23H19N3O4. The Morgan fingerprint density at radius 1 is 1.00 bits per heavy atom. The Bertz CT molecular complexity index is 1210. The van der Waals surface area contributed by atoms with Crippen LogP contribution in [-0.4, -0.2) is 29.1 Å². The molecule has 0 fully saturated rings. The van der Waals surface area contributed by atoms with Crippen LogP contribution in [0, 0.1) is 0 Å². The number of ether oxygens (including phenoxy) is 1. The van der Waals surface area contributed by atoms with Gasteiger partial charge < -0.3 is 14.6 Å². The molecule has 4 rings (SSSR count). The number of methoxy groups -OCH3 is 1. The summed E-state index contributed by atoms with van der Waals surface area (Å²) >= 11 is 0. The number of carbonyl (C=O) groups is 2. The highest BCUT2D eigenvalue weighted by Gasteiger charge is 2.15. The SMILES string of the molecule is COC(=O)c1ccccc1NC(=O)CCc1nc(-c2cccc3ccccc23)no1. The smallest absolute Gasteiger partial charge is 0.339 e. The molecule has 0 saturated heterocycles. The molecule has 150 valence electrons. The Hall–Kier alpha value is -4.00. The van der Waals surface area contributed by atoms with Crippen LogP contribution < -0.4 is 5.32 Å². The van der Waals surface area contributed by atoms with Crippen LogP contribution in [0.15, 0.2) is 71.3 Å². The number of hydrogen-bond acceptors (Lipinski definition) is 6. The fourth-order valence-electron chi connectivity index (χ4n) is 3.20. The first-order valence-corrected chi connectivity index (χ1v) is 9.43. The summed E-state index contributed by atoms with van der Waals surface area (Å²) in [7, 11) is 1.30. The number of hydrogen-bond donors (Lipinski definition) is 1. The quantitative estimate of drug-likeness (QED) is 0.486. The van der Waals surface area contributed by atoms with Gasteiger partial charge in [0.25, 0.3) is 0 Å². The first kappa shape index (κ1) is 19.3. The first-order valence-electron chi connectivity index (χ1n) is 9.43. The van der Waals surface area contributed by atoms with E-state index < -0.39 is 5.97 Å². The number of anilines is 1. The standard InChI is InChI=1S/C23H19N3O4/c1-29-23(28)18-10-4-5-12-19(18)24-20(27)13-14-21-25-22(26-30-21)17-11-6-8-15-7-2-3-9-16(15)17/h2-12H,13-14H2,1H3,(H,24,27). The van der Waals surface area contributed by atoms with E-state index in [4.69, 9.17) is 9.26 Å². The molecule has 30 heavy (non-hydrogen) atoms. The molecule has 3 aromatic carbocycles. The predicted molar refractivity (Wildman–Crippen MR) is 112 cm³/mol. The number of nitrogens with zero attached hydrogens (tertiary/aromatic N) is 2. The van der Waals surface area contributed by atoms with Crippen molar-refractivity contribution in [2.75, 3.05) is 12.4 Å². The van der Waals surface area contributed by atoms with Gasteiger partial charge in [0.2, 0.25) is 17.6 Å². The van der Waals surface area contributed by atoms with Crippen molar-refractivity contribution in [1.82, 2.24) is 10.1 Å². The summed E-state index contributed by atoms with van der Waals surface area (Å²) in [5, 5.41) is 8.92. The number of aryl methyl sites for hydroxylation is 1. The molecule has 1 aromatic heterocycles. The Balaban J connectivity index is 1.44. The monoisotopic (exact) mass is 401 g/mol. The highest BCUT2D eigenvalue weighted by molar-refractivity contribution is 6.01. The Morgan fingerprint density at radius 2 is 1.77 bits per heavy atom. The molecule has 4 aromatic rings. The largest absolute Gasteiger partial charge is 0.465 e. The van der Waals surface area contributed by atoms with Crippen LogP contribution in [0.4, 0.5) is 5.69 Å². The Labute approximate surface area is 172 Å². The number of amides is 1. The van der Waals surface area contributed by atoms with E-state index in [-0.39, 0.29) is 18.7 Å². The van der Waals surface area contributed by atoms with Gasteiger partial charge in [-0.3, -0.25) is 4.79 Å². The number of esters is 1. The summed E-state index contributed by atoms with van der Waals surface area (Å²) in [6.45, 7) is 0. The molecule has 0 spiro atoms. The topological polar surface area (TPSA) is 94.3 Å². The zero-order valence-corrected chi connectivity index (χ0v) is 16.3. The molecule has 1 amide bonds. The van der Waals surface area contributed by atoms with E-state index in [0.29, 0.717) is 23.0 Å². The molecule has 0 bridgehead atoms. The molecule has 0 unspecified atom stereocenters. The summed E-state index contributed by atoms with van der Waals surface area (Å²) in [6, 6.07) is 20.6. The van der Waals surface area contributed by atoms with Crippen LogP contribution in [0.1, 0.15) is 22.7 Å². The molecule has 0 aliphatic rings. The average Bonchev–Trinajstić information content (AvgIpc) is 3.26. The molecule has 0 atom stereocenters. The minimum atomic E-state index is -0.512. The minimum Gasteiger partial charge on any atom is -0.465 e. The summed E-state index contributed by atoms with van der Waals surface area (Å²) in [6.07, 6.45) is 0.413. The van der Waals surface area contributed by atoms with E-state index >= 15 is 0 Å². The first-order chi connectivity index (χ1) is 14.7. The summed E-state index contributed by atoms with van der Waals surface area (Å²) in [5.74, 6) is 0.0753. The second kappa shape index (κ2) is 8.57. The van der Waals surface area contributed by atoms with E-state index in [1.807, 2.05) is 42.5 Å². The number of para-hydroxylation sites is 1. The molecule has 0 radical (unpaired) electrons. The van der Waals surface area contributed by atoms with Crippen LogP contribution in [-0.2, 0) is 16.0 Å². The van der Waals surface area contributed by atoms with Crippen molar-refractivity contribution in [3.8, 4) is 11.4 Å². The van der Waals surface area contributed by atoms with Crippen molar-refractivity contribution in [3.63, 3.8) is 0 Å². The third-order valence-electron chi connectivity index (χ3n) is 4.67. The van der Waals surface area contributed by atoms with Crippen LogP contribution in [0.2, 0.25) is 0 Å². The zero-order valence-electron chi connectivity index (χ0n) is 16.3. The average molecular weight is 401 g/mol. The lowest BCUT2D eigenvalue weighted by atomic mass is 10.0. The van der Waals surface area contributed by atoms with Crippen molar-refractivity contribution in [1.29, 1.82) is 0 Å². The third-order valence-corrected chi connectivity index (χ3v) is 4.67. The highest BCUT2D eigenvalue weighted by atomic mass is 16.5. The fourth-order valence-corrected chi connectivity index (χ4v) is 3.20. The predicted octanol–water partition coefficient (Wildman–Crippen LogP) is 4.25. The summed E-state index contributed by atoms with van der Waals surface area (Å²) < 4.78 is 10.1. The molecule has 7 heteroatoms. The molecule has 7 nitrogen and oxygen atoms in total. The van der Waals surface area contributed by atoms with Gasteiger partial charge in [0, 0.05) is 18.4 Å². The molecular weight excluding hydrogens is 382 g/mol. The Kier molecular flexibility index (Phi) is 5.52. The van der Waals surface area contributed by atoms with Crippen LogP contribution in [0.5, 0.6) is 0 Å². The van der Waals surface area contributed by atoms with Crippen LogP contribution in [0.3, 0.4) is 0 Å². The van der Waals surface area contributed by atoms with Gasteiger partial charge in [-0.15, -0.1) is 0 Å². The van der Waals surface area contributed by atoms with Gasteiger partial charge in [0.1, 0.15) is 0 Å². The van der Waals surface area contributed by atoms with Crippen molar-refractivity contribution in [2.45, 2.75) is 12.8 Å². The van der Waals surface area contributed by atoms with Gasteiger partial charge in [-0.2, -0.15) is 4.98 Å². The lowest BCUT2D eigenvalue weighted by Gasteiger charge is -2.08. The molecule has 0 aliphatic heterocycles. The zero-order chi connectivity index (χ0) is 20.9. The van der Waals surface area contributed by atoms with Crippen molar-refractivity contribution in [3.05, 3.63) is 78.2 Å². The van der Waals surface area contributed by atoms with E-state index in [0.717, 1.165) is 16.3 Å². The number of fused-ring (bicyclic) bond motifs is 1. The van der Waals surface area contributed by atoms with Gasteiger partial charge in [-0.05, 0) is 22.9 Å². The Morgan fingerprint density at radius 3 is 2.63 bits per heavy atom. The van der Waals surface area contributed by atoms with Gasteiger partial charge >= 0.3 is 5.97 Å². The van der Waals surface area contributed by atoms with Crippen LogP contribution >= 0.6 is 0 Å². The number of benzene rings is 3. The highest BCUT2D eigenvalue weighted by Crippen LogP contribution is 2.26. The van der Waals surface area contributed by atoms with Gasteiger partial charge in [-0.1, -0.05) is 59.8 Å². The van der Waals surface area contributed by atoms with Crippen molar-refractivity contribution in [2.24, 2.45) is 0 Å². The van der Waals surface area contributed by atoms with E-state index in [1.54, 1.807) is 24.3 Å². The minimum absolute atomic E-state index is 0.132. The van der Waals surface area contributed by atoms with Gasteiger partial charge in [0.05, 0.1) is 18.4 Å². The number of aromatic nitrogens is 2. The lowest BCUT2D eigenvalue weighted by Crippen LogP contribution is -2.15. The molecule has 0 aliphatic carbocycles. The lowest BCUT2D eigenvalue weighted by molar-refractivity contribution is -0.116. The fraction of sp³-hybridized carbons (Fsp3) is 0.130. The normalized spacial score (nSPS) is 10.7. The number of nitrogens with one attached hydrogen (secondary N) is 1. The van der Waals surface area contributed by atoms with Crippen molar-refractivity contribution < 1.29 is 18.8 Å². The summed E-state index contributed by atoms with van der Waals surface area (Å²) in [5.41, 5.74) is 1.57. The van der Waals surface area contributed by atoms with E-state index in [2.05, 4.69) is 15.5 Å². The maximum absolute atomic E-state index is 12.3. The van der Waals surface area contributed by atoms with Crippen LogP contribution in [0.25, 0.3) is 22.2 Å². The van der Waals surface area contributed by atoms with Gasteiger partial charge in [0.15, 0.2) is 0 Å². The second-order valence-corrected chi connectivity index (χ2v) is 6.62. The third kappa shape index (κ3) is 4.05. The maximum atomic E-state index is 12.3.